The molecule has 4 rings (SSSR count). The number of nitrogens with zero attached hydrogens (tertiary/aromatic N) is 7. The highest BCUT2D eigenvalue weighted by atomic mass is 15.4. The summed E-state index contributed by atoms with van der Waals surface area (Å²) in [7, 11) is 0. The first-order valence-electron chi connectivity index (χ1n) is 9.91. The number of aliphatic imine (C=N–C) groups is 1. The van der Waals surface area contributed by atoms with Crippen molar-refractivity contribution in [3.05, 3.63) is 24.2 Å². The summed E-state index contributed by atoms with van der Waals surface area (Å²) < 4.78 is 1.68. The van der Waals surface area contributed by atoms with Crippen LogP contribution in [0.3, 0.4) is 0 Å². The van der Waals surface area contributed by atoms with Crippen LogP contribution in [0.25, 0.3) is 5.65 Å². The van der Waals surface area contributed by atoms with Gasteiger partial charge in [-0.05, 0) is 38.7 Å². The number of amidine groups is 1. The van der Waals surface area contributed by atoms with Crippen LogP contribution < -0.4 is 16.8 Å². The van der Waals surface area contributed by atoms with Crippen LogP contribution in [0.15, 0.2) is 29.2 Å². The van der Waals surface area contributed by atoms with Crippen molar-refractivity contribution >= 4 is 23.2 Å². The van der Waals surface area contributed by atoms with Crippen molar-refractivity contribution in [1.29, 1.82) is 5.26 Å². The van der Waals surface area contributed by atoms with Crippen LogP contribution >= 0.6 is 0 Å². The third-order valence-corrected chi connectivity index (χ3v) is 5.57. The van der Waals surface area contributed by atoms with E-state index in [0.29, 0.717) is 41.6 Å². The molecule has 10 nitrogen and oxygen atoms in total. The number of fused-ring (bicyclic) bond motifs is 3. The smallest absolute Gasteiger partial charge is 0.228 e. The van der Waals surface area contributed by atoms with Gasteiger partial charge in [0, 0.05) is 42.9 Å². The van der Waals surface area contributed by atoms with Crippen LogP contribution in [-0.4, -0.2) is 55.0 Å². The molecule has 2 aromatic rings. The molecule has 0 aliphatic carbocycles. The highest BCUT2D eigenvalue weighted by Gasteiger charge is 2.40. The van der Waals surface area contributed by atoms with Crippen molar-refractivity contribution < 1.29 is 0 Å². The SMILES string of the molecule is C/C(N)=C/C(N)=Nc1cc2ncnn2c(NC2C[C@H]3CC[C@@H](C2)N3CCC#N)n1. The number of anilines is 1. The minimum absolute atomic E-state index is 0.286. The molecule has 152 valence electrons. The third kappa shape index (κ3) is 4.14. The van der Waals surface area contributed by atoms with Crippen LogP contribution in [0.4, 0.5) is 11.8 Å². The lowest BCUT2D eigenvalue weighted by Crippen LogP contribution is -2.47. The molecule has 2 fully saturated rings. The molecule has 5 N–H and O–H groups in total. The lowest BCUT2D eigenvalue weighted by atomic mass is 9.97. The summed E-state index contributed by atoms with van der Waals surface area (Å²) in [6, 6.07) is 5.31. The van der Waals surface area contributed by atoms with Gasteiger partial charge in [0.2, 0.25) is 5.95 Å². The second-order valence-electron chi connectivity index (χ2n) is 7.74. The Morgan fingerprint density at radius 2 is 2.14 bits per heavy atom. The molecule has 0 radical (unpaired) electrons. The Balaban J connectivity index is 1.55. The van der Waals surface area contributed by atoms with Crippen LogP contribution in [0.2, 0.25) is 0 Å². The molecule has 2 bridgehead atoms. The summed E-state index contributed by atoms with van der Waals surface area (Å²) in [6.07, 6.45) is 8.09. The number of piperidine rings is 1. The summed E-state index contributed by atoms with van der Waals surface area (Å²) in [4.78, 5) is 15.7. The van der Waals surface area contributed by atoms with E-state index in [1.54, 1.807) is 23.6 Å². The quantitative estimate of drug-likeness (QED) is 0.491. The van der Waals surface area contributed by atoms with E-state index in [2.05, 4.69) is 36.3 Å². The number of hydrogen-bond acceptors (Lipinski definition) is 8. The molecular formula is C19H26N10. The molecule has 0 saturated carbocycles. The largest absolute Gasteiger partial charge is 0.402 e. The predicted octanol–water partition coefficient (Wildman–Crippen LogP) is 1.30. The molecule has 1 unspecified atom stereocenters. The number of nitrogens with two attached hydrogens (primary N) is 2. The summed E-state index contributed by atoms with van der Waals surface area (Å²) in [5.41, 5.74) is 12.8. The minimum atomic E-state index is 0.286. The van der Waals surface area contributed by atoms with E-state index in [1.165, 1.54) is 19.2 Å². The Morgan fingerprint density at radius 1 is 1.38 bits per heavy atom. The molecule has 29 heavy (non-hydrogen) atoms. The summed E-state index contributed by atoms with van der Waals surface area (Å²) in [6.45, 7) is 2.61. The van der Waals surface area contributed by atoms with Gasteiger partial charge in [-0.2, -0.15) is 19.9 Å². The average molecular weight is 394 g/mol. The van der Waals surface area contributed by atoms with Crippen LogP contribution in [0.1, 0.15) is 39.0 Å². The molecule has 3 atom stereocenters. The number of aromatic nitrogens is 4. The Labute approximate surface area is 169 Å². The zero-order chi connectivity index (χ0) is 20.4. The van der Waals surface area contributed by atoms with Gasteiger partial charge in [0.05, 0.1) is 6.07 Å². The fourth-order valence-corrected chi connectivity index (χ4v) is 4.48. The first-order valence-corrected chi connectivity index (χ1v) is 9.91. The zero-order valence-electron chi connectivity index (χ0n) is 16.5. The van der Waals surface area contributed by atoms with E-state index in [4.69, 9.17) is 16.7 Å². The second kappa shape index (κ2) is 8.05. The average Bonchev–Trinajstić information content (AvgIpc) is 3.21. The molecule has 4 heterocycles. The van der Waals surface area contributed by atoms with Gasteiger partial charge >= 0.3 is 0 Å². The molecule has 2 aliphatic heterocycles. The lowest BCUT2D eigenvalue weighted by Gasteiger charge is -2.38. The van der Waals surface area contributed by atoms with Crippen LogP contribution in [-0.2, 0) is 0 Å². The van der Waals surface area contributed by atoms with Gasteiger partial charge in [-0.15, -0.1) is 0 Å². The molecule has 2 aliphatic rings. The van der Waals surface area contributed by atoms with Gasteiger partial charge < -0.3 is 16.8 Å². The maximum atomic E-state index is 8.91. The number of hydrogen-bond donors (Lipinski definition) is 3. The Morgan fingerprint density at radius 3 is 2.83 bits per heavy atom. The van der Waals surface area contributed by atoms with E-state index in [-0.39, 0.29) is 11.9 Å². The third-order valence-electron chi connectivity index (χ3n) is 5.57. The standard InChI is InChI=1S/C19H26N10/c1-12(21)7-16(22)26-17-10-18-23-11-24-29(18)19(27-17)25-13-8-14-3-4-15(9-13)28(14)6-2-5-20/h7,10-11,13-15H,2-4,6,8-9,21H2,1H3,(H2,22,26)(H,25,27)/b12-7-/t13?,14-,15+. The molecule has 0 amide bonds. The van der Waals surface area contributed by atoms with Crippen molar-refractivity contribution in [2.24, 2.45) is 16.5 Å². The zero-order valence-corrected chi connectivity index (χ0v) is 16.5. The van der Waals surface area contributed by atoms with Crippen molar-refractivity contribution in [2.45, 2.75) is 57.2 Å². The van der Waals surface area contributed by atoms with E-state index >= 15 is 0 Å². The monoisotopic (exact) mass is 394 g/mol. The molecule has 0 aromatic carbocycles. The topological polar surface area (TPSA) is 147 Å². The van der Waals surface area contributed by atoms with Gasteiger partial charge in [0.1, 0.15) is 12.2 Å². The van der Waals surface area contributed by atoms with Gasteiger partial charge in [-0.25, -0.2) is 9.98 Å². The van der Waals surface area contributed by atoms with Crippen molar-refractivity contribution in [2.75, 3.05) is 11.9 Å². The van der Waals surface area contributed by atoms with E-state index in [9.17, 15) is 0 Å². The normalized spacial score (nSPS) is 25.3. The molecule has 2 saturated heterocycles. The summed E-state index contributed by atoms with van der Waals surface area (Å²) >= 11 is 0. The highest BCUT2D eigenvalue weighted by Crippen LogP contribution is 2.36. The predicted molar refractivity (Wildman–Crippen MR) is 110 cm³/mol. The second-order valence-corrected chi connectivity index (χ2v) is 7.74. The maximum Gasteiger partial charge on any atom is 0.228 e. The first kappa shape index (κ1) is 19.1. The fraction of sp³-hybridized carbons (Fsp3) is 0.526. The fourth-order valence-electron chi connectivity index (χ4n) is 4.48. The van der Waals surface area contributed by atoms with Crippen molar-refractivity contribution in [1.82, 2.24) is 24.5 Å². The van der Waals surface area contributed by atoms with Gasteiger partial charge in [-0.1, -0.05) is 0 Å². The molecule has 10 heteroatoms. The van der Waals surface area contributed by atoms with Crippen molar-refractivity contribution in [3.63, 3.8) is 0 Å². The Hall–Kier alpha value is -3.19. The van der Waals surface area contributed by atoms with E-state index in [1.807, 2.05) is 0 Å². The number of rotatable bonds is 6. The summed E-state index contributed by atoms with van der Waals surface area (Å²) in [5.74, 6) is 1.35. The Bertz CT molecular complexity index is 967. The highest BCUT2D eigenvalue weighted by molar-refractivity contribution is 5.93. The van der Waals surface area contributed by atoms with E-state index < -0.39 is 0 Å². The molecule has 0 spiro atoms. The summed E-state index contributed by atoms with van der Waals surface area (Å²) in [5, 5.41) is 16.7. The number of nitriles is 1. The first-order chi connectivity index (χ1) is 14.0. The molecular weight excluding hydrogens is 368 g/mol. The van der Waals surface area contributed by atoms with Crippen LogP contribution in [0, 0.1) is 11.3 Å². The lowest BCUT2D eigenvalue weighted by molar-refractivity contribution is 0.135. The van der Waals surface area contributed by atoms with Gasteiger partial charge in [0.25, 0.3) is 0 Å². The van der Waals surface area contributed by atoms with Crippen molar-refractivity contribution in [3.8, 4) is 6.07 Å². The molecule has 2 aromatic heterocycles. The van der Waals surface area contributed by atoms with Crippen LogP contribution in [0.5, 0.6) is 0 Å². The maximum absolute atomic E-state index is 8.91. The number of nitrogens with one attached hydrogen (secondary N) is 1. The van der Waals surface area contributed by atoms with Gasteiger partial charge in [-0.3, -0.25) is 4.90 Å². The van der Waals surface area contributed by atoms with Gasteiger partial charge in [0.15, 0.2) is 11.5 Å². The number of allylic oxidation sites excluding steroid dienone is 1. The van der Waals surface area contributed by atoms with E-state index in [0.717, 1.165) is 19.4 Å². The minimum Gasteiger partial charge on any atom is -0.402 e. The Kier molecular flexibility index (Phi) is 5.31.